The number of rotatable bonds is 6. The quantitative estimate of drug-likeness (QED) is 0.565. The molecule has 0 unspecified atom stereocenters. The van der Waals surface area contributed by atoms with Crippen LogP contribution in [-0.4, -0.2) is 49.0 Å². The summed E-state index contributed by atoms with van der Waals surface area (Å²) >= 11 is 1.21. The molecule has 33 heavy (non-hydrogen) atoms. The molecule has 0 bridgehead atoms. The Balaban J connectivity index is 1.47. The number of methoxy groups -OCH3 is 1. The third-order valence-electron chi connectivity index (χ3n) is 5.66. The van der Waals surface area contributed by atoms with Gasteiger partial charge in [0.05, 0.1) is 12.0 Å². The van der Waals surface area contributed by atoms with Gasteiger partial charge in [0.1, 0.15) is 10.8 Å². The standard InChI is InChI=1S/C23H26N4O4S2/c1-15-6-11-20(16(2)13-15)33(29,30)27-12-4-5-17(14-27)22-25-26-23(32-22)21(28)24-18-7-9-19(31-3)10-8-18/h6-11,13,17H,4-5,12,14H2,1-3H3,(H,24,28)/t17-/m1/s1. The maximum absolute atomic E-state index is 13.3. The van der Waals surface area contributed by atoms with Gasteiger partial charge in [0.15, 0.2) is 0 Å². The number of ether oxygens (including phenoxy) is 1. The Kier molecular flexibility index (Phi) is 6.78. The van der Waals surface area contributed by atoms with Crippen LogP contribution in [0.3, 0.4) is 0 Å². The smallest absolute Gasteiger partial charge is 0.286 e. The van der Waals surface area contributed by atoms with Gasteiger partial charge in [0.2, 0.25) is 15.0 Å². The fourth-order valence-corrected chi connectivity index (χ4v) is 6.53. The summed E-state index contributed by atoms with van der Waals surface area (Å²) in [6.45, 7) is 4.55. The first-order valence-corrected chi connectivity index (χ1v) is 12.9. The Bertz CT molecular complexity index is 1260. The number of carbonyl (C=O) groups excluding carboxylic acids is 1. The molecule has 0 aliphatic carbocycles. The third-order valence-corrected chi connectivity index (χ3v) is 8.77. The van der Waals surface area contributed by atoms with Crippen molar-refractivity contribution >= 4 is 33.0 Å². The molecule has 0 radical (unpaired) electrons. The molecule has 2 aromatic carbocycles. The van der Waals surface area contributed by atoms with Crippen molar-refractivity contribution in [1.82, 2.24) is 14.5 Å². The highest BCUT2D eigenvalue weighted by Crippen LogP contribution is 2.33. The van der Waals surface area contributed by atoms with Crippen LogP contribution < -0.4 is 10.1 Å². The largest absolute Gasteiger partial charge is 0.497 e. The molecule has 0 spiro atoms. The molecule has 1 aromatic heterocycles. The summed E-state index contributed by atoms with van der Waals surface area (Å²) in [7, 11) is -2.03. The van der Waals surface area contributed by atoms with Crippen LogP contribution in [0, 0.1) is 13.8 Å². The second kappa shape index (κ2) is 9.58. The summed E-state index contributed by atoms with van der Waals surface area (Å²) in [5.41, 5.74) is 2.39. The molecule has 3 aromatic rings. The van der Waals surface area contributed by atoms with Crippen LogP contribution in [0.15, 0.2) is 47.4 Å². The molecule has 8 nitrogen and oxygen atoms in total. The summed E-state index contributed by atoms with van der Waals surface area (Å²) in [5.74, 6) is 0.252. The topological polar surface area (TPSA) is 101 Å². The second-order valence-electron chi connectivity index (χ2n) is 8.10. The number of sulfonamides is 1. The van der Waals surface area contributed by atoms with E-state index < -0.39 is 10.0 Å². The van der Waals surface area contributed by atoms with Crippen molar-refractivity contribution < 1.29 is 17.9 Å². The van der Waals surface area contributed by atoms with Gasteiger partial charge in [-0.05, 0) is 62.6 Å². The molecule has 1 fully saturated rings. The number of piperidine rings is 1. The number of nitrogens with one attached hydrogen (secondary N) is 1. The number of carbonyl (C=O) groups is 1. The number of aromatic nitrogens is 2. The van der Waals surface area contributed by atoms with Gasteiger partial charge in [0, 0.05) is 24.7 Å². The Hall–Kier alpha value is -2.82. The Morgan fingerprint density at radius 2 is 1.91 bits per heavy atom. The molecular formula is C23H26N4O4S2. The van der Waals surface area contributed by atoms with Crippen molar-refractivity contribution in [3.05, 3.63) is 63.6 Å². The van der Waals surface area contributed by atoms with Gasteiger partial charge < -0.3 is 10.1 Å². The van der Waals surface area contributed by atoms with E-state index in [1.165, 1.54) is 15.6 Å². The molecule has 1 saturated heterocycles. The summed E-state index contributed by atoms with van der Waals surface area (Å²) in [5, 5.41) is 12.0. The number of benzene rings is 2. The Labute approximate surface area is 197 Å². The fourth-order valence-electron chi connectivity index (χ4n) is 3.94. The number of amides is 1. The van der Waals surface area contributed by atoms with Crippen molar-refractivity contribution in [3.8, 4) is 5.75 Å². The summed E-state index contributed by atoms with van der Waals surface area (Å²) in [6.07, 6.45) is 1.52. The van der Waals surface area contributed by atoms with E-state index in [1.807, 2.05) is 26.0 Å². The summed E-state index contributed by atoms with van der Waals surface area (Å²) in [6, 6.07) is 12.4. The third kappa shape index (κ3) is 5.07. The molecular weight excluding hydrogens is 460 g/mol. The molecule has 2 heterocycles. The zero-order chi connectivity index (χ0) is 23.6. The van der Waals surface area contributed by atoms with E-state index in [2.05, 4.69) is 15.5 Å². The van der Waals surface area contributed by atoms with Crippen molar-refractivity contribution in [2.75, 3.05) is 25.5 Å². The minimum atomic E-state index is -3.61. The van der Waals surface area contributed by atoms with Gasteiger partial charge in [-0.25, -0.2) is 8.42 Å². The van der Waals surface area contributed by atoms with Crippen molar-refractivity contribution in [2.24, 2.45) is 0 Å². The zero-order valence-electron chi connectivity index (χ0n) is 18.7. The van der Waals surface area contributed by atoms with Gasteiger partial charge in [-0.1, -0.05) is 29.0 Å². The molecule has 1 aliphatic heterocycles. The highest BCUT2D eigenvalue weighted by Gasteiger charge is 2.33. The number of hydrogen-bond acceptors (Lipinski definition) is 7. The van der Waals surface area contributed by atoms with E-state index in [0.29, 0.717) is 34.4 Å². The second-order valence-corrected chi connectivity index (χ2v) is 11.0. The van der Waals surface area contributed by atoms with Crippen LogP contribution in [0.25, 0.3) is 0 Å². The summed E-state index contributed by atoms with van der Waals surface area (Å²) in [4.78, 5) is 12.9. The predicted molar refractivity (Wildman–Crippen MR) is 128 cm³/mol. The SMILES string of the molecule is COc1ccc(NC(=O)c2nnc([C@@H]3CCCN(S(=O)(=O)c4ccc(C)cc4C)C3)s2)cc1. The van der Waals surface area contributed by atoms with E-state index in [9.17, 15) is 13.2 Å². The number of aryl methyl sites for hydroxylation is 2. The van der Waals surface area contributed by atoms with Crippen LogP contribution in [0.4, 0.5) is 5.69 Å². The highest BCUT2D eigenvalue weighted by molar-refractivity contribution is 7.89. The normalized spacial score (nSPS) is 17.0. The van der Waals surface area contributed by atoms with Crippen molar-refractivity contribution in [2.45, 2.75) is 37.5 Å². The maximum atomic E-state index is 13.3. The van der Waals surface area contributed by atoms with Crippen molar-refractivity contribution in [1.29, 1.82) is 0 Å². The van der Waals surface area contributed by atoms with E-state index >= 15 is 0 Å². The lowest BCUT2D eigenvalue weighted by Crippen LogP contribution is -2.39. The first kappa shape index (κ1) is 23.3. The molecule has 1 amide bonds. The predicted octanol–water partition coefficient (Wildman–Crippen LogP) is 3.98. The van der Waals surface area contributed by atoms with E-state index in [4.69, 9.17) is 4.74 Å². The molecule has 4 rings (SSSR count). The first-order chi connectivity index (χ1) is 15.8. The van der Waals surface area contributed by atoms with E-state index in [-0.39, 0.29) is 16.8 Å². The summed E-state index contributed by atoms with van der Waals surface area (Å²) < 4.78 is 33.2. The fraction of sp³-hybridized carbons (Fsp3) is 0.348. The Morgan fingerprint density at radius 1 is 1.15 bits per heavy atom. The first-order valence-electron chi connectivity index (χ1n) is 10.6. The molecule has 1 N–H and O–H groups in total. The molecule has 174 valence electrons. The highest BCUT2D eigenvalue weighted by atomic mass is 32.2. The monoisotopic (exact) mass is 486 g/mol. The minimum absolute atomic E-state index is 0.0979. The zero-order valence-corrected chi connectivity index (χ0v) is 20.4. The van der Waals surface area contributed by atoms with E-state index in [0.717, 1.165) is 24.0 Å². The molecule has 1 aliphatic rings. The van der Waals surface area contributed by atoms with E-state index in [1.54, 1.807) is 37.4 Å². The molecule has 10 heteroatoms. The average molecular weight is 487 g/mol. The lowest BCUT2D eigenvalue weighted by molar-refractivity contribution is 0.102. The van der Waals surface area contributed by atoms with Gasteiger partial charge in [-0.2, -0.15) is 4.31 Å². The van der Waals surface area contributed by atoms with Gasteiger partial charge in [-0.3, -0.25) is 4.79 Å². The Morgan fingerprint density at radius 3 is 2.61 bits per heavy atom. The van der Waals surface area contributed by atoms with Gasteiger partial charge >= 0.3 is 0 Å². The van der Waals surface area contributed by atoms with Gasteiger partial charge in [-0.15, -0.1) is 10.2 Å². The van der Waals surface area contributed by atoms with Crippen LogP contribution in [0.1, 0.15) is 44.7 Å². The average Bonchev–Trinajstić information content (AvgIpc) is 3.30. The van der Waals surface area contributed by atoms with Gasteiger partial charge in [0.25, 0.3) is 5.91 Å². The van der Waals surface area contributed by atoms with Crippen LogP contribution in [-0.2, 0) is 10.0 Å². The van der Waals surface area contributed by atoms with Crippen LogP contribution in [0.5, 0.6) is 5.75 Å². The lowest BCUT2D eigenvalue weighted by Gasteiger charge is -2.31. The van der Waals surface area contributed by atoms with Crippen molar-refractivity contribution in [3.63, 3.8) is 0 Å². The minimum Gasteiger partial charge on any atom is -0.497 e. The molecule has 0 saturated carbocycles. The number of hydrogen-bond donors (Lipinski definition) is 1. The van der Waals surface area contributed by atoms with Crippen LogP contribution in [0.2, 0.25) is 0 Å². The maximum Gasteiger partial charge on any atom is 0.286 e. The number of anilines is 1. The lowest BCUT2D eigenvalue weighted by atomic mass is 10.0. The van der Waals surface area contributed by atoms with Crippen LogP contribution >= 0.6 is 11.3 Å². The number of nitrogens with zero attached hydrogens (tertiary/aromatic N) is 3. The molecule has 1 atom stereocenters.